The van der Waals surface area contributed by atoms with Crippen molar-refractivity contribution in [1.29, 1.82) is 0 Å². The van der Waals surface area contributed by atoms with Crippen LogP contribution in [-0.4, -0.2) is 48.5 Å². The number of aromatic nitrogens is 2. The molecule has 5 aromatic rings. The normalized spacial score (nSPS) is 10.8. The second kappa shape index (κ2) is 19.1. The molecular weight excluding hydrogens is 739 g/mol. The van der Waals surface area contributed by atoms with Crippen molar-refractivity contribution in [3.05, 3.63) is 106 Å². The smallest absolute Gasteiger partial charge is 0.336 e. The van der Waals surface area contributed by atoms with E-state index in [1.807, 2.05) is 74.5 Å². The van der Waals surface area contributed by atoms with Crippen LogP contribution in [0.2, 0.25) is 0 Å². The van der Waals surface area contributed by atoms with E-state index >= 15 is 0 Å². The molecule has 1 N–H and O–H groups in total. The lowest BCUT2D eigenvalue weighted by Crippen LogP contribution is -2.09. The molecule has 0 aliphatic rings. The number of ether oxygens (including phenoxy) is 4. The standard InChI is InChI=1S/C25H29NO6.C13H14INO2/c1-4-18-8-5-10-20(23(18)25(27)28)15-30-12-7-13-31-16-22-17(2)32-24(26-22)19-9-6-11-21(14-19)29-3;1-3-12-11(8-14)15-13(17-12)9-5-4-6-10(7-9)16-2/h5-6,8-11,14H,4,7,12-13,15-16H2,1-3H3,(H,27,28);4-7H,3,8H2,1-2H3. The maximum atomic E-state index is 11.6. The van der Waals surface area contributed by atoms with Gasteiger partial charge in [0.25, 0.3) is 0 Å². The van der Waals surface area contributed by atoms with Gasteiger partial charge in [-0.3, -0.25) is 0 Å². The third-order valence-corrected chi connectivity index (χ3v) is 8.38. The van der Waals surface area contributed by atoms with Crippen molar-refractivity contribution >= 4 is 28.6 Å². The fraction of sp³-hybridized carbons (Fsp3) is 0.342. The molecule has 3 aromatic carbocycles. The predicted octanol–water partition coefficient (Wildman–Crippen LogP) is 8.89. The summed E-state index contributed by atoms with van der Waals surface area (Å²) in [7, 11) is 3.28. The summed E-state index contributed by atoms with van der Waals surface area (Å²) in [6, 6.07) is 20.8. The Hall–Kier alpha value is -4.20. The summed E-state index contributed by atoms with van der Waals surface area (Å²) in [5.74, 6) is 3.54. The minimum absolute atomic E-state index is 0.266. The van der Waals surface area contributed by atoms with Crippen LogP contribution < -0.4 is 9.47 Å². The number of carbonyl (C=O) groups is 1. The molecule has 0 radical (unpaired) electrons. The zero-order valence-corrected chi connectivity index (χ0v) is 30.7. The number of aryl methyl sites for hydroxylation is 3. The number of nitrogens with zero attached hydrogens (tertiary/aromatic N) is 2. The van der Waals surface area contributed by atoms with E-state index in [1.165, 1.54) is 0 Å². The first-order chi connectivity index (χ1) is 23.8. The number of hydrogen-bond acceptors (Lipinski definition) is 9. The summed E-state index contributed by atoms with van der Waals surface area (Å²) in [6.07, 6.45) is 2.23. The Bertz CT molecular complexity index is 1780. The minimum atomic E-state index is -0.916. The minimum Gasteiger partial charge on any atom is -0.497 e. The van der Waals surface area contributed by atoms with E-state index in [0.717, 1.165) is 61.9 Å². The van der Waals surface area contributed by atoms with Crippen molar-refractivity contribution < 1.29 is 37.7 Å². The van der Waals surface area contributed by atoms with Gasteiger partial charge in [-0.2, -0.15) is 0 Å². The molecule has 0 spiro atoms. The van der Waals surface area contributed by atoms with Gasteiger partial charge in [0, 0.05) is 35.2 Å². The van der Waals surface area contributed by atoms with Gasteiger partial charge in [-0.25, -0.2) is 14.8 Å². The lowest BCUT2D eigenvalue weighted by molar-refractivity contribution is 0.0639. The molecule has 0 bridgehead atoms. The van der Waals surface area contributed by atoms with Crippen molar-refractivity contribution in [2.45, 2.75) is 57.7 Å². The number of carboxylic acid groups (broad SMARTS) is 1. The van der Waals surface area contributed by atoms with Crippen molar-refractivity contribution in [1.82, 2.24) is 9.97 Å². The number of rotatable bonds is 16. The van der Waals surface area contributed by atoms with Gasteiger partial charge in [0.1, 0.15) is 28.7 Å². The molecule has 0 fully saturated rings. The molecule has 260 valence electrons. The number of oxazole rings is 2. The van der Waals surface area contributed by atoms with Crippen LogP contribution in [0.1, 0.15) is 64.7 Å². The summed E-state index contributed by atoms with van der Waals surface area (Å²) in [5, 5.41) is 9.49. The van der Waals surface area contributed by atoms with Crippen LogP contribution in [0, 0.1) is 6.92 Å². The average Bonchev–Trinajstić information content (AvgIpc) is 3.74. The largest absolute Gasteiger partial charge is 0.497 e. The summed E-state index contributed by atoms with van der Waals surface area (Å²) < 4.78 is 34.3. The number of aromatic carboxylic acids is 1. The fourth-order valence-electron chi connectivity index (χ4n) is 5.04. The molecule has 2 aromatic heterocycles. The van der Waals surface area contributed by atoms with Gasteiger partial charge in [-0.15, -0.1) is 0 Å². The number of hydrogen-bond donors (Lipinski definition) is 1. The number of alkyl halides is 1. The maximum Gasteiger partial charge on any atom is 0.336 e. The van der Waals surface area contributed by atoms with Gasteiger partial charge < -0.3 is 32.9 Å². The van der Waals surface area contributed by atoms with E-state index in [9.17, 15) is 9.90 Å². The van der Waals surface area contributed by atoms with Gasteiger partial charge >= 0.3 is 5.97 Å². The molecule has 0 unspecified atom stereocenters. The van der Waals surface area contributed by atoms with E-state index in [2.05, 4.69) is 39.5 Å². The van der Waals surface area contributed by atoms with Crippen LogP contribution in [0.25, 0.3) is 22.9 Å². The molecular formula is C38H43IN2O8. The Balaban J connectivity index is 0.000000266. The van der Waals surface area contributed by atoms with Gasteiger partial charge in [-0.05, 0) is 67.3 Å². The van der Waals surface area contributed by atoms with Crippen molar-refractivity contribution in [2.75, 3.05) is 27.4 Å². The van der Waals surface area contributed by atoms with Crippen LogP contribution in [0.5, 0.6) is 11.5 Å². The zero-order chi connectivity index (χ0) is 35.2. The molecule has 0 aliphatic carbocycles. The van der Waals surface area contributed by atoms with Crippen molar-refractivity contribution in [2.24, 2.45) is 0 Å². The van der Waals surface area contributed by atoms with Gasteiger partial charge in [0.05, 0.1) is 38.7 Å². The van der Waals surface area contributed by atoms with Crippen LogP contribution in [0.3, 0.4) is 0 Å². The lowest BCUT2D eigenvalue weighted by Gasteiger charge is -2.11. The van der Waals surface area contributed by atoms with E-state index in [-0.39, 0.29) is 6.61 Å². The lowest BCUT2D eigenvalue weighted by atomic mass is 10.00. The van der Waals surface area contributed by atoms with E-state index in [0.29, 0.717) is 55.6 Å². The Morgan fingerprint density at radius 1 is 0.776 bits per heavy atom. The van der Waals surface area contributed by atoms with Crippen LogP contribution in [0.15, 0.2) is 75.6 Å². The first kappa shape index (κ1) is 37.6. The quantitative estimate of drug-likeness (QED) is 0.0589. The van der Waals surface area contributed by atoms with Crippen molar-refractivity contribution in [3.8, 4) is 34.4 Å². The van der Waals surface area contributed by atoms with Crippen molar-refractivity contribution in [3.63, 3.8) is 0 Å². The van der Waals surface area contributed by atoms with E-state index in [1.54, 1.807) is 20.3 Å². The number of halogens is 1. The second-order valence-electron chi connectivity index (χ2n) is 10.9. The first-order valence-electron chi connectivity index (χ1n) is 16.1. The van der Waals surface area contributed by atoms with Crippen LogP contribution in [-0.2, 0) is 40.0 Å². The van der Waals surface area contributed by atoms with Crippen LogP contribution >= 0.6 is 22.6 Å². The number of methoxy groups -OCH3 is 2. The molecule has 0 saturated heterocycles. The second-order valence-corrected chi connectivity index (χ2v) is 11.7. The topological polar surface area (TPSA) is 126 Å². The van der Waals surface area contributed by atoms with E-state index < -0.39 is 5.97 Å². The molecule has 5 rings (SSSR count). The zero-order valence-electron chi connectivity index (χ0n) is 28.6. The van der Waals surface area contributed by atoms with Gasteiger partial charge in [0.15, 0.2) is 0 Å². The first-order valence-corrected chi connectivity index (χ1v) is 17.6. The Morgan fingerprint density at radius 3 is 1.90 bits per heavy atom. The highest BCUT2D eigenvalue weighted by Crippen LogP contribution is 2.27. The summed E-state index contributed by atoms with van der Waals surface area (Å²) in [6.45, 7) is 7.47. The highest BCUT2D eigenvalue weighted by Gasteiger charge is 2.15. The highest BCUT2D eigenvalue weighted by molar-refractivity contribution is 14.1. The third kappa shape index (κ3) is 10.4. The van der Waals surface area contributed by atoms with Crippen LogP contribution in [0.4, 0.5) is 0 Å². The summed E-state index contributed by atoms with van der Waals surface area (Å²) in [5.41, 5.74) is 5.45. The Labute approximate surface area is 300 Å². The fourth-order valence-corrected chi connectivity index (χ4v) is 5.64. The average molecular weight is 783 g/mol. The molecule has 0 atom stereocenters. The Kier molecular flexibility index (Phi) is 14.7. The molecule has 49 heavy (non-hydrogen) atoms. The molecule has 10 nitrogen and oxygen atoms in total. The summed E-state index contributed by atoms with van der Waals surface area (Å²) >= 11 is 2.30. The Morgan fingerprint density at radius 2 is 1.35 bits per heavy atom. The molecule has 0 saturated carbocycles. The van der Waals surface area contributed by atoms with Gasteiger partial charge in [0.2, 0.25) is 11.8 Å². The highest BCUT2D eigenvalue weighted by atomic mass is 127. The summed E-state index contributed by atoms with van der Waals surface area (Å²) in [4.78, 5) is 20.6. The SMILES string of the molecule is CCc1cccc(COCCCOCc2nc(-c3cccc(OC)c3)oc2C)c1C(=O)O.CCc1oc(-c2cccc(OC)c2)nc1CI. The van der Waals surface area contributed by atoms with E-state index in [4.69, 9.17) is 27.8 Å². The predicted molar refractivity (Wildman–Crippen MR) is 196 cm³/mol. The monoisotopic (exact) mass is 782 g/mol. The number of carboxylic acids is 1. The molecule has 0 aliphatic heterocycles. The molecule has 11 heteroatoms. The molecule has 2 heterocycles. The van der Waals surface area contributed by atoms with Gasteiger partial charge in [-0.1, -0.05) is 66.8 Å². The number of benzene rings is 3. The third-order valence-electron chi connectivity index (χ3n) is 7.66. The molecule has 0 amide bonds. The maximum absolute atomic E-state index is 11.6.